The fourth-order valence-corrected chi connectivity index (χ4v) is 3.68. The lowest BCUT2D eigenvalue weighted by atomic mass is 10.1. The average molecular weight is 438 g/mol. The number of anilines is 2. The van der Waals surface area contributed by atoms with Gasteiger partial charge in [0.25, 0.3) is 0 Å². The number of hydrogen-bond donors (Lipinski definition) is 3. The van der Waals surface area contributed by atoms with E-state index in [-0.39, 0.29) is 5.91 Å². The molecule has 2 aromatic carbocycles. The van der Waals surface area contributed by atoms with Crippen LogP contribution in [0.3, 0.4) is 0 Å². The summed E-state index contributed by atoms with van der Waals surface area (Å²) in [4.78, 5) is 29.0. The molecule has 0 aromatic heterocycles. The average Bonchev–Trinajstić information content (AvgIpc) is 2.74. The van der Waals surface area contributed by atoms with Gasteiger partial charge in [-0.1, -0.05) is 30.3 Å². The second kappa shape index (κ2) is 10.5. The summed E-state index contributed by atoms with van der Waals surface area (Å²) in [6.07, 6.45) is 0. The lowest BCUT2D eigenvalue weighted by Crippen LogP contribution is -2.51. The van der Waals surface area contributed by atoms with Gasteiger partial charge in [0, 0.05) is 49.6 Å². The molecule has 3 amide bonds. The van der Waals surface area contributed by atoms with Crippen molar-refractivity contribution in [3.63, 3.8) is 0 Å². The Bertz CT molecular complexity index is 885. The topological polar surface area (TPSA) is 76.7 Å². The predicted molar refractivity (Wildman–Crippen MR) is 130 cm³/mol. The molecule has 7 nitrogen and oxygen atoms in total. The third-order valence-electron chi connectivity index (χ3n) is 5.36. The number of carbonyl (C=O) groups excluding carboxylic acids is 2. The zero-order valence-electron chi connectivity index (χ0n) is 19.5. The molecule has 0 saturated carbocycles. The number of nitrogens with one attached hydrogen (secondary N) is 3. The van der Waals surface area contributed by atoms with Crippen molar-refractivity contribution in [1.29, 1.82) is 0 Å². The van der Waals surface area contributed by atoms with Crippen molar-refractivity contribution in [2.45, 2.75) is 45.8 Å². The van der Waals surface area contributed by atoms with Gasteiger partial charge < -0.3 is 15.5 Å². The molecule has 0 aliphatic carbocycles. The Morgan fingerprint density at radius 3 is 2.16 bits per heavy atom. The van der Waals surface area contributed by atoms with Crippen molar-refractivity contribution in [2.75, 3.05) is 36.4 Å². The highest BCUT2D eigenvalue weighted by Gasteiger charge is 2.20. The molecule has 1 atom stereocenters. The van der Waals surface area contributed by atoms with E-state index in [9.17, 15) is 9.59 Å². The number of piperazine rings is 1. The second-order valence-electron chi connectivity index (χ2n) is 9.36. The number of urea groups is 1. The summed E-state index contributed by atoms with van der Waals surface area (Å²) >= 11 is 0. The third-order valence-corrected chi connectivity index (χ3v) is 5.36. The molecule has 1 unspecified atom stereocenters. The van der Waals surface area contributed by atoms with E-state index in [0.717, 1.165) is 38.4 Å². The van der Waals surface area contributed by atoms with Crippen LogP contribution in [0.4, 0.5) is 16.2 Å². The first-order chi connectivity index (χ1) is 15.2. The van der Waals surface area contributed by atoms with Gasteiger partial charge in [0.1, 0.15) is 6.04 Å². The maximum atomic E-state index is 12.3. The SMILES string of the molecule is CC(Nc1ccc(N2CCN(Cc3ccccc3)CC2)cc1)C(=O)NC(=O)NC(C)(C)C. The van der Waals surface area contributed by atoms with E-state index in [1.165, 1.54) is 11.3 Å². The highest BCUT2D eigenvalue weighted by molar-refractivity contribution is 5.98. The van der Waals surface area contributed by atoms with E-state index in [2.05, 4.69) is 68.2 Å². The van der Waals surface area contributed by atoms with Crippen LogP contribution in [0.5, 0.6) is 0 Å². The first kappa shape index (κ1) is 23.6. The molecule has 0 spiro atoms. The number of amides is 3. The Balaban J connectivity index is 1.46. The third kappa shape index (κ3) is 7.27. The molecule has 1 aliphatic heterocycles. The van der Waals surface area contributed by atoms with Crippen molar-refractivity contribution in [3.8, 4) is 0 Å². The Labute approximate surface area is 191 Å². The van der Waals surface area contributed by atoms with Gasteiger partial charge in [-0.25, -0.2) is 4.79 Å². The minimum Gasteiger partial charge on any atom is -0.374 e. The Kier molecular flexibility index (Phi) is 7.75. The van der Waals surface area contributed by atoms with Crippen LogP contribution in [0.25, 0.3) is 0 Å². The Morgan fingerprint density at radius 1 is 0.938 bits per heavy atom. The molecule has 3 N–H and O–H groups in total. The Morgan fingerprint density at radius 2 is 1.56 bits per heavy atom. The van der Waals surface area contributed by atoms with Crippen molar-refractivity contribution >= 4 is 23.3 Å². The van der Waals surface area contributed by atoms with Gasteiger partial charge >= 0.3 is 6.03 Å². The fraction of sp³-hybridized carbons (Fsp3) is 0.440. The van der Waals surface area contributed by atoms with Gasteiger partial charge in [-0.15, -0.1) is 0 Å². The molecule has 0 bridgehead atoms. The van der Waals surface area contributed by atoms with Crippen molar-refractivity contribution in [1.82, 2.24) is 15.5 Å². The van der Waals surface area contributed by atoms with Crippen molar-refractivity contribution < 1.29 is 9.59 Å². The van der Waals surface area contributed by atoms with Gasteiger partial charge in [0.2, 0.25) is 5.91 Å². The van der Waals surface area contributed by atoms with Crippen LogP contribution in [-0.2, 0) is 11.3 Å². The van der Waals surface area contributed by atoms with E-state index in [1.54, 1.807) is 6.92 Å². The lowest BCUT2D eigenvalue weighted by Gasteiger charge is -2.36. The highest BCUT2D eigenvalue weighted by Crippen LogP contribution is 2.20. The monoisotopic (exact) mass is 437 g/mol. The largest absolute Gasteiger partial charge is 0.374 e. The summed E-state index contributed by atoms with van der Waals surface area (Å²) in [6.45, 7) is 12.4. The molecule has 3 rings (SSSR count). The van der Waals surface area contributed by atoms with Gasteiger partial charge in [-0.05, 0) is 57.5 Å². The van der Waals surface area contributed by atoms with Gasteiger partial charge in [0.05, 0.1) is 0 Å². The molecule has 1 fully saturated rings. The molecular formula is C25H35N5O2. The van der Waals surface area contributed by atoms with Crippen LogP contribution in [0.2, 0.25) is 0 Å². The summed E-state index contributed by atoms with van der Waals surface area (Å²) in [6, 6.07) is 17.7. The van der Waals surface area contributed by atoms with Gasteiger partial charge in [-0.2, -0.15) is 0 Å². The van der Waals surface area contributed by atoms with Crippen LogP contribution in [0.15, 0.2) is 54.6 Å². The molecule has 1 heterocycles. The summed E-state index contributed by atoms with van der Waals surface area (Å²) < 4.78 is 0. The smallest absolute Gasteiger partial charge is 0.321 e. The van der Waals surface area contributed by atoms with Crippen LogP contribution < -0.4 is 20.9 Å². The second-order valence-corrected chi connectivity index (χ2v) is 9.36. The quantitative estimate of drug-likeness (QED) is 0.646. The standard InChI is InChI=1S/C25H35N5O2/c1-19(23(31)27-24(32)28-25(2,3)4)26-21-10-12-22(13-11-21)30-16-14-29(15-17-30)18-20-8-6-5-7-9-20/h5-13,19,26H,14-18H2,1-4H3,(H2,27,28,31,32). The number of hydrogen-bond acceptors (Lipinski definition) is 5. The lowest BCUT2D eigenvalue weighted by molar-refractivity contribution is -0.120. The number of rotatable bonds is 6. The maximum absolute atomic E-state index is 12.3. The minimum absolute atomic E-state index is 0.370. The molecule has 1 saturated heterocycles. The maximum Gasteiger partial charge on any atom is 0.321 e. The van der Waals surface area contributed by atoms with E-state index in [0.29, 0.717) is 0 Å². The molecular weight excluding hydrogens is 402 g/mol. The van der Waals surface area contributed by atoms with Crippen LogP contribution in [0.1, 0.15) is 33.3 Å². The van der Waals surface area contributed by atoms with E-state index in [4.69, 9.17) is 0 Å². The summed E-state index contributed by atoms with van der Waals surface area (Å²) in [7, 11) is 0. The first-order valence-electron chi connectivity index (χ1n) is 11.2. The zero-order chi connectivity index (χ0) is 23.1. The fourth-order valence-electron chi connectivity index (χ4n) is 3.68. The number of benzene rings is 2. The molecule has 7 heteroatoms. The molecule has 0 radical (unpaired) electrons. The summed E-state index contributed by atoms with van der Waals surface area (Å²) in [5.74, 6) is -0.370. The molecule has 32 heavy (non-hydrogen) atoms. The first-order valence-corrected chi connectivity index (χ1v) is 11.2. The van der Waals surface area contributed by atoms with E-state index < -0.39 is 17.6 Å². The molecule has 2 aromatic rings. The van der Waals surface area contributed by atoms with E-state index in [1.807, 2.05) is 32.9 Å². The summed E-state index contributed by atoms with van der Waals surface area (Å²) in [5.41, 5.74) is 2.97. The van der Waals surface area contributed by atoms with Crippen LogP contribution >= 0.6 is 0 Å². The molecule has 1 aliphatic rings. The minimum atomic E-state index is -0.534. The number of imide groups is 1. The number of carbonyl (C=O) groups is 2. The zero-order valence-corrected chi connectivity index (χ0v) is 19.5. The number of nitrogens with zero attached hydrogens (tertiary/aromatic N) is 2. The van der Waals surface area contributed by atoms with E-state index >= 15 is 0 Å². The predicted octanol–water partition coefficient (Wildman–Crippen LogP) is 3.43. The van der Waals surface area contributed by atoms with Gasteiger partial charge in [0.15, 0.2) is 0 Å². The van der Waals surface area contributed by atoms with Crippen molar-refractivity contribution in [2.24, 2.45) is 0 Å². The van der Waals surface area contributed by atoms with Crippen molar-refractivity contribution in [3.05, 3.63) is 60.2 Å². The van der Waals surface area contributed by atoms with Crippen LogP contribution in [0, 0.1) is 0 Å². The highest BCUT2D eigenvalue weighted by atomic mass is 16.2. The van der Waals surface area contributed by atoms with Crippen LogP contribution in [-0.4, -0.2) is 54.6 Å². The normalized spacial score (nSPS) is 15.7. The van der Waals surface area contributed by atoms with Gasteiger partial charge in [-0.3, -0.25) is 15.0 Å². The molecule has 172 valence electrons. The summed E-state index contributed by atoms with van der Waals surface area (Å²) in [5, 5.41) is 8.25. The Hall–Kier alpha value is -3.06.